The summed E-state index contributed by atoms with van der Waals surface area (Å²) in [7, 11) is 0. The maximum absolute atomic E-state index is 11.0. The van der Waals surface area contributed by atoms with Crippen molar-refractivity contribution in [2.45, 2.75) is 26.2 Å². The summed E-state index contributed by atoms with van der Waals surface area (Å²) < 4.78 is 11.3. The number of carboxylic acid groups (broad SMARTS) is 1. The van der Waals surface area contributed by atoms with Crippen molar-refractivity contribution in [2.75, 3.05) is 6.54 Å². The Kier molecular flexibility index (Phi) is 4.26. The second-order valence-corrected chi connectivity index (χ2v) is 6.24. The second-order valence-electron chi connectivity index (χ2n) is 6.24. The fraction of sp³-hybridized carbons (Fsp3) is 0.250. The molecule has 0 amide bonds. The average molecular weight is 337 g/mol. The zero-order valence-corrected chi connectivity index (χ0v) is 13.7. The van der Waals surface area contributed by atoms with Gasteiger partial charge in [0, 0.05) is 24.9 Å². The van der Waals surface area contributed by atoms with Crippen molar-refractivity contribution in [3.63, 3.8) is 0 Å². The molecule has 0 atom stereocenters. The van der Waals surface area contributed by atoms with Gasteiger partial charge >= 0.3 is 5.97 Å². The van der Waals surface area contributed by atoms with Gasteiger partial charge in [-0.1, -0.05) is 24.3 Å². The summed E-state index contributed by atoms with van der Waals surface area (Å²) in [5.74, 6) is -0.0902. The molecule has 25 heavy (non-hydrogen) atoms. The van der Waals surface area contributed by atoms with E-state index in [1.807, 2.05) is 6.07 Å². The van der Waals surface area contributed by atoms with Crippen LogP contribution in [0, 0.1) is 0 Å². The number of hydrogen-bond donors (Lipinski definition) is 2. The van der Waals surface area contributed by atoms with E-state index in [9.17, 15) is 4.79 Å². The number of fused-ring (bicyclic) bond motifs is 2. The van der Waals surface area contributed by atoms with Crippen molar-refractivity contribution in [1.29, 1.82) is 0 Å². The normalized spacial score (nSPS) is 13.3. The first-order valence-corrected chi connectivity index (χ1v) is 8.34. The van der Waals surface area contributed by atoms with Crippen LogP contribution in [0.15, 0.2) is 46.9 Å². The average Bonchev–Trinajstić information content (AvgIpc) is 3.24. The molecule has 1 aliphatic rings. The Hall–Kier alpha value is -2.63. The molecule has 2 aromatic carbocycles. The third-order valence-electron chi connectivity index (χ3n) is 4.56. The lowest BCUT2D eigenvalue weighted by atomic mass is 10.0. The topological polar surface area (TPSA) is 71.7 Å². The molecule has 0 bridgehead atoms. The van der Waals surface area contributed by atoms with Crippen LogP contribution >= 0.6 is 0 Å². The maximum Gasteiger partial charge on any atom is 0.335 e. The summed E-state index contributed by atoms with van der Waals surface area (Å²) in [4.78, 5) is 11.0. The summed E-state index contributed by atoms with van der Waals surface area (Å²) in [6, 6.07) is 13.2. The van der Waals surface area contributed by atoms with E-state index in [0.29, 0.717) is 18.8 Å². The second kappa shape index (κ2) is 6.70. The van der Waals surface area contributed by atoms with E-state index in [2.05, 4.69) is 23.5 Å². The maximum atomic E-state index is 11.0. The lowest BCUT2D eigenvalue weighted by Crippen LogP contribution is -2.17. The minimum absolute atomic E-state index is 0.242. The Morgan fingerprint density at radius 1 is 1.16 bits per heavy atom. The number of furan rings is 1. The van der Waals surface area contributed by atoms with Crippen LogP contribution in [0.4, 0.5) is 0 Å². The molecule has 4 rings (SSSR count). The van der Waals surface area contributed by atoms with Crippen LogP contribution in [0.1, 0.15) is 32.8 Å². The number of rotatable bonds is 6. The van der Waals surface area contributed by atoms with Crippen LogP contribution in [-0.4, -0.2) is 17.6 Å². The minimum Gasteiger partial charge on any atom is -0.478 e. The highest BCUT2D eigenvalue weighted by Gasteiger charge is 2.14. The highest BCUT2D eigenvalue weighted by atomic mass is 16.5. The number of carboxylic acids is 1. The molecule has 0 fully saturated rings. The summed E-state index contributed by atoms with van der Waals surface area (Å²) in [6.07, 6.45) is 0.753. The van der Waals surface area contributed by atoms with Gasteiger partial charge < -0.3 is 19.6 Å². The molecule has 2 heterocycles. The van der Waals surface area contributed by atoms with Crippen LogP contribution in [0.2, 0.25) is 0 Å². The molecule has 5 heteroatoms. The van der Waals surface area contributed by atoms with Crippen molar-refractivity contribution in [2.24, 2.45) is 0 Å². The zero-order valence-electron chi connectivity index (χ0n) is 13.7. The number of carbonyl (C=O) groups is 1. The fourth-order valence-corrected chi connectivity index (χ4v) is 3.21. The molecule has 0 spiro atoms. The summed E-state index contributed by atoms with van der Waals surface area (Å²) in [5.41, 5.74) is 4.73. The molecule has 2 N–H and O–H groups in total. The highest BCUT2D eigenvalue weighted by Crippen LogP contribution is 2.23. The highest BCUT2D eigenvalue weighted by molar-refractivity contribution is 5.92. The van der Waals surface area contributed by atoms with E-state index in [0.717, 1.165) is 30.7 Å². The Morgan fingerprint density at radius 2 is 2.08 bits per heavy atom. The molecule has 0 saturated carbocycles. The van der Waals surface area contributed by atoms with E-state index in [-0.39, 0.29) is 5.56 Å². The fourth-order valence-electron chi connectivity index (χ4n) is 3.21. The van der Waals surface area contributed by atoms with Gasteiger partial charge in [0.15, 0.2) is 0 Å². The van der Waals surface area contributed by atoms with Crippen LogP contribution in [0.5, 0.6) is 0 Å². The monoisotopic (exact) mass is 337 g/mol. The van der Waals surface area contributed by atoms with Crippen molar-refractivity contribution in [3.05, 3.63) is 70.5 Å². The predicted molar refractivity (Wildman–Crippen MR) is 93.5 cm³/mol. The summed E-state index contributed by atoms with van der Waals surface area (Å²) in [6.45, 7) is 3.00. The molecule has 0 aliphatic carbocycles. The van der Waals surface area contributed by atoms with Gasteiger partial charge in [-0.2, -0.15) is 0 Å². The zero-order chi connectivity index (χ0) is 17.2. The van der Waals surface area contributed by atoms with Gasteiger partial charge in [0.25, 0.3) is 0 Å². The van der Waals surface area contributed by atoms with Crippen molar-refractivity contribution < 1.29 is 19.1 Å². The Morgan fingerprint density at radius 3 is 2.96 bits per heavy atom. The molecule has 0 radical (unpaired) electrons. The molecule has 0 saturated heterocycles. The first kappa shape index (κ1) is 15.9. The van der Waals surface area contributed by atoms with Crippen LogP contribution in [0.25, 0.3) is 11.0 Å². The van der Waals surface area contributed by atoms with Crippen molar-refractivity contribution in [1.82, 2.24) is 5.32 Å². The van der Waals surface area contributed by atoms with Crippen LogP contribution in [0.3, 0.4) is 0 Å². The molecular formula is C20H19NO4. The number of nitrogens with one attached hydrogen (secondary N) is 1. The van der Waals surface area contributed by atoms with Gasteiger partial charge in [0.1, 0.15) is 11.3 Å². The van der Waals surface area contributed by atoms with E-state index < -0.39 is 5.97 Å². The van der Waals surface area contributed by atoms with E-state index in [4.69, 9.17) is 14.3 Å². The lowest BCUT2D eigenvalue weighted by Gasteiger charge is -2.08. The van der Waals surface area contributed by atoms with Gasteiger partial charge in [0.05, 0.1) is 18.8 Å². The minimum atomic E-state index is -0.944. The first-order chi connectivity index (χ1) is 12.2. The molecule has 0 unspecified atom stereocenters. The van der Waals surface area contributed by atoms with Gasteiger partial charge in [0.2, 0.25) is 0 Å². The molecule has 1 aromatic heterocycles. The van der Waals surface area contributed by atoms with E-state index >= 15 is 0 Å². The lowest BCUT2D eigenvalue weighted by molar-refractivity contribution is 0.0697. The molecule has 5 nitrogen and oxygen atoms in total. The van der Waals surface area contributed by atoms with Crippen LogP contribution in [-0.2, 0) is 30.9 Å². The standard InChI is InChI=1S/C20H19NO4/c22-20(23)14-5-4-13-8-17(25-19(13)9-14)6-7-21-10-15-2-1-3-16-11-24-12-18(15)16/h1-5,8-9,21H,6-7,10-12H2,(H,22,23). The Bertz CT molecular complexity index is 929. The first-order valence-electron chi connectivity index (χ1n) is 8.34. The smallest absolute Gasteiger partial charge is 0.335 e. The van der Waals surface area contributed by atoms with E-state index in [1.54, 1.807) is 18.2 Å². The van der Waals surface area contributed by atoms with Gasteiger partial charge in [-0.15, -0.1) is 0 Å². The van der Waals surface area contributed by atoms with Gasteiger partial charge in [-0.3, -0.25) is 0 Å². The van der Waals surface area contributed by atoms with Crippen molar-refractivity contribution >= 4 is 16.9 Å². The Labute approximate surface area is 145 Å². The summed E-state index contributed by atoms with van der Waals surface area (Å²) >= 11 is 0. The Balaban J connectivity index is 1.37. The molecule has 128 valence electrons. The predicted octanol–water partition coefficient (Wildman–Crippen LogP) is 3.49. The molecular weight excluding hydrogens is 318 g/mol. The number of benzene rings is 2. The number of hydrogen-bond acceptors (Lipinski definition) is 4. The third-order valence-corrected chi connectivity index (χ3v) is 4.56. The summed E-state index contributed by atoms with van der Waals surface area (Å²) in [5, 5.41) is 13.4. The molecule has 1 aliphatic heterocycles. The third kappa shape index (κ3) is 3.29. The van der Waals surface area contributed by atoms with E-state index in [1.165, 1.54) is 16.7 Å². The van der Waals surface area contributed by atoms with Crippen molar-refractivity contribution in [3.8, 4) is 0 Å². The largest absolute Gasteiger partial charge is 0.478 e. The van der Waals surface area contributed by atoms with Crippen LogP contribution < -0.4 is 5.32 Å². The molecule has 3 aromatic rings. The SMILES string of the molecule is O=C(O)c1ccc2cc(CCNCc3cccc4c3COC4)oc2c1. The number of ether oxygens (including phenoxy) is 1. The quantitative estimate of drug-likeness (QED) is 0.674. The van der Waals surface area contributed by atoms with Gasteiger partial charge in [-0.05, 0) is 34.9 Å². The van der Waals surface area contributed by atoms with Gasteiger partial charge in [-0.25, -0.2) is 4.79 Å². The number of aromatic carboxylic acids is 1.